The number of ether oxygens (including phenoxy) is 1. The molecule has 1 aromatic carbocycles. The molecule has 1 heterocycles. The first-order valence-electron chi connectivity index (χ1n) is 5.95. The molecule has 0 aromatic heterocycles. The second kappa shape index (κ2) is 5.77. The molecule has 2 rings (SSSR count). The molecule has 0 unspecified atom stereocenters. The molecule has 6 heteroatoms. The third-order valence-corrected chi connectivity index (χ3v) is 3.94. The Balaban J connectivity index is 2.21. The van der Waals surface area contributed by atoms with Gasteiger partial charge in [0.2, 0.25) is 0 Å². The largest absolute Gasteiger partial charge is 0.497 e. The zero-order chi connectivity index (χ0) is 13.9. The zero-order valence-corrected chi connectivity index (χ0v) is 11.4. The van der Waals surface area contributed by atoms with E-state index in [1.807, 2.05) is 0 Å². The third-order valence-electron chi connectivity index (χ3n) is 3.00. The molecule has 0 spiro atoms. The van der Waals surface area contributed by atoms with E-state index >= 15 is 0 Å². The average Bonchev–Trinajstić information content (AvgIpc) is 2.47. The summed E-state index contributed by atoms with van der Waals surface area (Å²) in [5, 5.41) is 0. The molecular formula is C13H15F2NO2S. The van der Waals surface area contributed by atoms with E-state index in [2.05, 4.69) is 0 Å². The fourth-order valence-corrected chi connectivity index (χ4v) is 2.81. The van der Waals surface area contributed by atoms with Crippen LogP contribution in [0.25, 0.3) is 0 Å². The van der Waals surface area contributed by atoms with Crippen molar-refractivity contribution >= 4 is 17.7 Å². The number of halogens is 2. The maximum atomic E-state index is 14.2. The maximum Gasteiger partial charge on any atom is 0.350 e. The Hall–Kier alpha value is -1.30. The van der Waals surface area contributed by atoms with Gasteiger partial charge in [-0.15, -0.1) is 0 Å². The van der Waals surface area contributed by atoms with Gasteiger partial charge in [-0.1, -0.05) is 12.1 Å². The Morgan fingerprint density at radius 1 is 1.37 bits per heavy atom. The highest BCUT2D eigenvalue weighted by molar-refractivity contribution is 7.99. The predicted molar refractivity (Wildman–Crippen MR) is 70.8 cm³/mol. The second-order valence-corrected chi connectivity index (χ2v) is 5.44. The van der Waals surface area contributed by atoms with Gasteiger partial charge in [-0.05, 0) is 12.1 Å². The predicted octanol–water partition coefficient (Wildman–Crippen LogP) is 2.36. The third kappa shape index (κ3) is 3.00. The lowest BCUT2D eigenvalue weighted by atomic mass is 10.1. The molecular weight excluding hydrogens is 272 g/mol. The van der Waals surface area contributed by atoms with Crippen molar-refractivity contribution in [2.24, 2.45) is 0 Å². The molecule has 0 radical (unpaired) electrons. The lowest BCUT2D eigenvalue weighted by molar-refractivity contribution is -0.158. The number of thioether (sulfide) groups is 1. The van der Waals surface area contributed by atoms with Gasteiger partial charge < -0.3 is 9.64 Å². The van der Waals surface area contributed by atoms with Crippen molar-refractivity contribution < 1.29 is 18.3 Å². The highest BCUT2D eigenvalue weighted by atomic mass is 32.2. The van der Waals surface area contributed by atoms with E-state index in [4.69, 9.17) is 4.74 Å². The molecule has 0 N–H and O–H groups in total. The molecule has 1 fully saturated rings. The number of methoxy groups -OCH3 is 1. The number of carbonyl (C=O) groups excluding carboxylic acids is 1. The number of amides is 1. The van der Waals surface area contributed by atoms with Crippen LogP contribution in [0.3, 0.4) is 0 Å². The van der Waals surface area contributed by atoms with E-state index < -0.39 is 11.8 Å². The highest BCUT2D eigenvalue weighted by Crippen LogP contribution is 2.33. The normalized spacial score (nSPS) is 16.3. The Kier molecular flexibility index (Phi) is 4.29. The van der Waals surface area contributed by atoms with E-state index in [1.54, 1.807) is 17.8 Å². The van der Waals surface area contributed by atoms with Crippen LogP contribution in [0.15, 0.2) is 24.3 Å². The average molecular weight is 287 g/mol. The number of benzene rings is 1. The first kappa shape index (κ1) is 14.1. The summed E-state index contributed by atoms with van der Waals surface area (Å²) in [6.45, 7) is 0.756. The van der Waals surface area contributed by atoms with E-state index in [1.165, 1.54) is 30.2 Å². The van der Waals surface area contributed by atoms with Crippen molar-refractivity contribution in [1.82, 2.24) is 4.90 Å². The molecule has 1 aliphatic rings. The smallest absolute Gasteiger partial charge is 0.350 e. The van der Waals surface area contributed by atoms with Crippen LogP contribution in [0.2, 0.25) is 0 Å². The zero-order valence-electron chi connectivity index (χ0n) is 10.6. The van der Waals surface area contributed by atoms with E-state index in [9.17, 15) is 13.6 Å². The number of hydrogen-bond donors (Lipinski definition) is 0. The minimum absolute atomic E-state index is 0.319. The van der Waals surface area contributed by atoms with Crippen molar-refractivity contribution in [3.63, 3.8) is 0 Å². The first-order valence-corrected chi connectivity index (χ1v) is 7.10. The summed E-state index contributed by atoms with van der Waals surface area (Å²) >= 11 is 1.67. The van der Waals surface area contributed by atoms with Crippen molar-refractivity contribution in [2.75, 3.05) is 31.7 Å². The van der Waals surface area contributed by atoms with Gasteiger partial charge in [0.25, 0.3) is 5.91 Å². The standard InChI is InChI=1S/C13H15F2NO2S/c1-18-11-4-2-3-10(9-11)13(14,15)12(17)16-5-7-19-8-6-16/h2-4,9H,5-8H2,1H3. The van der Waals surface area contributed by atoms with Crippen molar-refractivity contribution in [1.29, 1.82) is 0 Å². The molecule has 1 aromatic rings. The van der Waals surface area contributed by atoms with Gasteiger partial charge in [-0.3, -0.25) is 4.79 Å². The summed E-state index contributed by atoms with van der Waals surface area (Å²) in [7, 11) is 1.40. The van der Waals surface area contributed by atoms with Crippen LogP contribution in [0.5, 0.6) is 5.75 Å². The molecule has 0 aliphatic carbocycles. The molecule has 104 valence electrons. The number of carbonyl (C=O) groups is 1. The summed E-state index contributed by atoms with van der Waals surface area (Å²) in [4.78, 5) is 13.2. The molecule has 1 aliphatic heterocycles. The Labute approximate surface area is 114 Å². The van der Waals surface area contributed by atoms with Crippen LogP contribution < -0.4 is 4.74 Å². The summed E-state index contributed by atoms with van der Waals surface area (Å²) < 4.78 is 33.3. The van der Waals surface area contributed by atoms with Gasteiger partial charge in [-0.2, -0.15) is 20.5 Å². The van der Waals surface area contributed by atoms with Crippen molar-refractivity contribution in [3.05, 3.63) is 29.8 Å². The van der Waals surface area contributed by atoms with E-state index in [0.29, 0.717) is 30.3 Å². The summed E-state index contributed by atoms with van der Waals surface area (Å²) in [6.07, 6.45) is 0. The molecule has 0 saturated carbocycles. The SMILES string of the molecule is COc1cccc(C(F)(F)C(=O)N2CCSCC2)c1. The quantitative estimate of drug-likeness (QED) is 0.855. The summed E-state index contributed by atoms with van der Waals surface area (Å²) in [5.74, 6) is -2.89. The fourth-order valence-electron chi connectivity index (χ4n) is 1.91. The van der Waals surface area contributed by atoms with Crippen LogP contribution in [0.1, 0.15) is 5.56 Å². The van der Waals surface area contributed by atoms with Crippen LogP contribution in [0.4, 0.5) is 8.78 Å². The Bertz CT molecular complexity index is 462. The Morgan fingerprint density at radius 2 is 2.05 bits per heavy atom. The minimum Gasteiger partial charge on any atom is -0.497 e. The Morgan fingerprint density at radius 3 is 2.68 bits per heavy atom. The van der Waals surface area contributed by atoms with Crippen LogP contribution in [-0.4, -0.2) is 42.5 Å². The van der Waals surface area contributed by atoms with E-state index in [0.717, 1.165) is 0 Å². The highest BCUT2D eigenvalue weighted by Gasteiger charge is 2.44. The van der Waals surface area contributed by atoms with Crippen molar-refractivity contribution in [3.8, 4) is 5.75 Å². The van der Waals surface area contributed by atoms with Crippen LogP contribution in [0, 0.1) is 0 Å². The maximum absolute atomic E-state index is 14.2. The lowest BCUT2D eigenvalue weighted by Gasteiger charge is -2.30. The molecule has 0 atom stereocenters. The lowest BCUT2D eigenvalue weighted by Crippen LogP contribution is -2.45. The summed E-state index contributed by atoms with van der Waals surface area (Å²) in [6, 6.07) is 5.48. The molecule has 1 saturated heterocycles. The number of nitrogens with zero attached hydrogens (tertiary/aromatic N) is 1. The number of alkyl halides is 2. The van der Waals surface area contributed by atoms with Gasteiger partial charge >= 0.3 is 5.92 Å². The minimum atomic E-state index is -3.50. The number of hydrogen-bond acceptors (Lipinski definition) is 3. The second-order valence-electron chi connectivity index (χ2n) is 4.21. The van der Waals surface area contributed by atoms with Crippen molar-refractivity contribution in [2.45, 2.75) is 5.92 Å². The van der Waals surface area contributed by atoms with Crippen LogP contribution in [-0.2, 0) is 10.7 Å². The topological polar surface area (TPSA) is 29.5 Å². The van der Waals surface area contributed by atoms with Crippen LogP contribution >= 0.6 is 11.8 Å². The molecule has 19 heavy (non-hydrogen) atoms. The van der Waals surface area contributed by atoms with E-state index in [-0.39, 0.29) is 5.56 Å². The van der Waals surface area contributed by atoms with Gasteiger partial charge in [0, 0.05) is 30.2 Å². The van der Waals surface area contributed by atoms with Gasteiger partial charge in [0.15, 0.2) is 0 Å². The summed E-state index contributed by atoms with van der Waals surface area (Å²) in [5.41, 5.74) is -0.324. The monoisotopic (exact) mass is 287 g/mol. The fraction of sp³-hybridized carbons (Fsp3) is 0.462. The first-order chi connectivity index (χ1) is 9.05. The molecule has 3 nitrogen and oxygen atoms in total. The molecule has 0 bridgehead atoms. The number of rotatable bonds is 3. The van der Waals surface area contributed by atoms with Gasteiger partial charge in [0.05, 0.1) is 7.11 Å². The van der Waals surface area contributed by atoms with Gasteiger partial charge in [-0.25, -0.2) is 0 Å². The molecule has 1 amide bonds. The van der Waals surface area contributed by atoms with Gasteiger partial charge in [0.1, 0.15) is 5.75 Å².